The van der Waals surface area contributed by atoms with Crippen LogP contribution < -0.4 is 10.6 Å². The molecule has 1 aromatic rings. The Morgan fingerprint density at radius 1 is 1.32 bits per heavy atom. The van der Waals surface area contributed by atoms with Crippen molar-refractivity contribution in [2.45, 2.75) is 45.4 Å². The molecule has 5 nitrogen and oxygen atoms in total. The monoisotopic (exact) mass is 458 g/mol. The Labute approximate surface area is 168 Å². The minimum atomic E-state index is 0. The van der Waals surface area contributed by atoms with Crippen LogP contribution in [0.1, 0.15) is 30.9 Å². The lowest BCUT2D eigenvalue weighted by atomic mass is 10.1. The number of halogens is 1. The Hall–Kier alpha value is -0.860. The molecule has 0 aliphatic carbocycles. The highest BCUT2D eigenvalue weighted by atomic mass is 127. The molecule has 2 unspecified atom stereocenters. The summed E-state index contributed by atoms with van der Waals surface area (Å²) in [5.41, 5.74) is 2.55. The van der Waals surface area contributed by atoms with Crippen LogP contribution >= 0.6 is 24.0 Å². The maximum absolute atomic E-state index is 6.02. The van der Waals surface area contributed by atoms with E-state index in [0.717, 1.165) is 32.2 Å². The van der Waals surface area contributed by atoms with Gasteiger partial charge in [0.1, 0.15) is 0 Å². The fourth-order valence-electron chi connectivity index (χ4n) is 3.51. The average molecular weight is 458 g/mol. The molecule has 2 N–H and O–H groups in total. The van der Waals surface area contributed by atoms with E-state index < -0.39 is 0 Å². The van der Waals surface area contributed by atoms with Crippen molar-refractivity contribution in [1.29, 1.82) is 0 Å². The van der Waals surface area contributed by atoms with Gasteiger partial charge in [0.25, 0.3) is 0 Å². The molecule has 3 rings (SSSR count). The molecule has 0 bridgehead atoms. The van der Waals surface area contributed by atoms with Gasteiger partial charge in [0.15, 0.2) is 5.96 Å². The zero-order chi connectivity index (χ0) is 16.8. The zero-order valence-corrected chi connectivity index (χ0v) is 17.7. The first-order valence-corrected chi connectivity index (χ1v) is 9.18. The van der Waals surface area contributed by atoms with Gasteiger partial charge >= 0.3 is 0 Å². The van der Waals surface area contributed by atoms with Crippen LogP contribution in [-0.2, 0) is 11.3 Å². The summed E-state index contributed by atoms with van der Waals surface area (Å²) in [4.78, 5) is 7.30. The quantitative estimate of drug-likeness (QED) is 0.405. The summed E-state index contributed by atoms with van der Waals surface area (Å²) in [5.74, 6) is 0.868. The molecule has 140 valence electrons. The number of guanidine groups is 1. The van der Waals surface area contributed by atoms with Crippen LogP contribution in [0.2, 0.25) is 0 Å². The minimum Gasteiger partial charge on any atom is -0.373 e. The standard InChI is InChI=1S/C19H30N4O.HI/c1-3-20-19(21-11-16-8-5-4-7-15(16)2)22-12-18-13-23-10-6-9-17(23)14-24-18;/h4-5,7-8,17-18H,3,6,9-14H2,1-2H3,(H2,20,21,22);1H. The summed E-state index contributed by atoms with van der Waals surface area (Å²) < 4.78 is 6.02. The van der Waals surface area contributed by atoms with Gasteiger partial charge in [0.2, 0.25) is 0 Å². The number of hydrogen-bond acceptors (Lipinski definition) is 3. The lowest BCUT2D eigenvalue weighted by Crippen LogP contribution is -2.51. The number of fused-ring (bicyclic) bond motifs is 1. The lowest BCUT2D eigenvalue weighted by Gasteiger charge is -2.35. The summed E-state index contributed by atoms with van der Waals surface area (Å²) in [6.45, 7) is 9.73. The first kappa shape index (κ1) is 20.5. The number of ether oxygens (including phenoxy) is 1. The highest BCUT2D eigenvalue weighted by molar-refractivity contribution is 14.0. The van der Waals surface area contributed by atoms with Gasteiger partial charge in [-0.2, -0.15) is 0 Å². The molecule has 2 aliphatic rings. The molecule has 0 radical (unpaired) electrons. The Morgan fingerprint density at radius 2 is 2.16 bits per heavy atom. The maximum atomic E-state index is 6.02. The van der Waals surface area contributed by atoms with Crippen molar-refractivity contribution in [3.05, 3.63) is 35.4 Å². The number of aliphatic imine (C=N–C) groups is 1. The van der Waals surface area contributed by atoms with E-state index in [1.165, 1.54) is 30.5 Å². The van der Waals surface area contributed by atoms with E-state index in [2.05, 4.69) is 53.6 Å². The van der Waals surface area contributed by atoms with Crippen LogP contribution in [0.25, 0.3) is 0 Å². The van der Waals surface area contributed by atoms with E-state index >= 15 is 0 Å². The van der Waals surface area contributed by atoms with Crippen LogP contribution in [0.5, 0.6) is 0 Å². The molecule has 2 heterocycles. The predicted molar refractivity (Wildman–Crippen MR) is 114 cm³/mol. The van der Waals surface area contributed by atoms with Crippen molar-refractivity contribution in [2.75, 3.05) is 32.8 Å². The number of benzene rings is 1. The largest absolute Gasteiger partial charge is 0.373 e. The van der Waals surface area contributed by atoms with Gasteiger partial charge in [-0.25, -0.2) is 4.99 Å². The fourth-order valence-corrected chi connectivity index (χ4v) is 3.51. The van der Waals surface area contributed by atoms with Crippen molar-refractivity contribution in [3.8, 4) is 0 Å². The van der Waals surface area contributed by atoms with Gasteiger partial charge in [0, 0.05) is 25.7 Å². The van der Waals surface area contributed by atoms with E-state index in [-0.39, 0.29) is 30.1 Å². The Balaban J connectivity index is 0.00000225. The summed E-state index contributed by atoms with van der Waals surface area (Å²) in [6.07, 6.45) is 2.86. The van der Waals surface area contributed by atoms with Gasteiger partial charge in [-0.3, -0.25) is 4.90 Å². The molecular weight excluding hydrogens is 427 g/mol. The van der Waals surface area contributed by atoms with Crippen LogP contribution in [-0.4, -0.2) is 55.8 Å². The first-order chi connectivity index (χ1) is 11.8. The van der Waals surface area contributed by atoms with Crippen molar-refractivity contribution in [2.24, 2.45) is 4.99 Å². The first-order valence-electron chi connectivity index (χ1n) is 9.18. The summed E-state index contributed by atoms with van der Waals surface area (Å²) in [7, 11) is 0. The topological polar surface area (TPSA) is 48.9 Å². The third-order valence-electron chi connectivity index (χ3n) is 4.97. The van der Waals surface area contributed by atoms with Gasteiger partial charge in [-0.15, -0.1) is 24.0 Å². The van der Waals surface area contributed by atoms with Gasteiger partial charge in [-0.1, -0.05) is 24.3 Å². The van der Waals surface area contributed by atoms with Crippen molar-refractivity contribution >= 4 is 29.9 Å². The summed E-state index contributed by atoms with van der Waals surface area (Å²) in [5, 5.41) is 6.78. The number of rotatable bonds is 5. The van der Waals surface area contributed by atoms with Gasteiger partial charge < -0.3 is 15.4 Å². The highest BCUT2D eigenvalue weighted by Gasteiger charge is 2.32. The Bertz CT molecular complexity index is 566. The van der Waals surface area contributed by atoms with Crippen LogP contribution in [0.15, 0.2) is 29.3 Å². The molecule has 0 saturated carbocycles. The third kappa shape index (κ3) is 5.82. The zero-order valence-electron chi connectivity index (χ0n) is 15.3. The lowest BCUT2D eigenvalue weighted by molar-refractivity contribution is -0.0453. The molecular formula is C19H31IN4O. The number of nitrogens with one attached hydrogen (secondary N) is 2. The fraction of sp³-hybridized carbons (Fsp3) is 0.632. The molecule has 6 heteroatoms. The van der Waals surface area contributed by atoms with E-state index in [1.54, 1.807) is 0 Å². The number of morpholine rings is 1. The molecule has 1 aromatic carbocycles. The van der Waals surface area contributed by atoms with Gasteiger partial charge in [-0.05, 0) is 44.4 Å². The van der Waals surface area contributed by atoms with Crippen molar-refractivity contribution < 1.29 is 4.74 Å². The second-order valence-electron chi connectivity index (χ2n) is 6.75. The Kier molecular flexibility index (Phi) is 8.45. The van der Waals surface area contributed by atoms with E-state index in [4.69, 9.17) is 9.73 Å². The van der Waals surface area contributed by atoms with Crippen molar-refractivity contribution in [1.82, 2.24) is 15.5 Å². The second kappa shape index (κ2) is 10.3. The molecule has 25 heavy (non-hydrogen) atoms. The van der Waals surface area contributed by atoms with Crippen LogP contribution in [0.3, 0.4) is 0 Å². The molecule has 2 fully saturated rings. The molecule has 0 amide bonds. The molecule has 0 spiro atoms. The normalized spacial score (nSPS) is 23.7. The van der Waals surface area contributed by atoms with Crippen molar-refractivity contribution in [3.63, 3.8) is 0 Å². The molecule has 2 aliphatic heterocycles. The van der Waals surface area contributed by atoms with E-state index in [0.29, 0.717) is 12.6 Å². The summed E-state index contributed by atoms with van der Waals surface area (Å²) >= 11 is 0. The molecule has 2 saturated heterocycles. The van der Waals surface area contributed by atoms with E-state index in [9.17, 15) is 0 Å². The van der Waals surface area contributed by atoms with Crippen LogP contribution in [0, 0.1) is 6.92 Å². The minimum absolute atomic E-state index is 0. The summed E-state index contributed by atoms with van der Waals surface area (Å²) in [6, 6.07) is 9.07. The SMILES string of the molecule is CCNC(=NCc1ccccc1C)NCC1CN2CCCC2CO1.I. The highest BCUT2D eigenvalue weighted by Crippen LogP contribution is 2.22. The number of aryl methyl sites for hydroxylation is 1. The van der Waals surface area contributed by atoms with E-state index in [1.807, 2.05) is 0 Å². The third-order valence-corrected chi connectivity index (χ3v) is 4.97. The maximum Gasteiger partial charge on any atom is 0.191 e. The smallest absolute Gasteiger partial charge is 0.191 e. The van der Waals surface area contributed by atoms with Gasteiger partial charge in [0.05, 0.1) is 19.3 Å². The molecule has 2 atom stereocenters. The second-order valence-corrected chi connectivity index (χ2v) is 6.75. The Morgan fingerprint density at radius 3 is 2.96 bits per heavy atom. The molecule has 0 aromatic heterocycles. The number of hydrogen-bond donors (Lipinski definition) is 2. The van der Waals surface area contributed by atoms with Crippen LogP contribution in [0.4, 0.5) is 0 Å². The average Bonchev–Trinajstić information content (AvgIpc) is 3.06. The number of nitrogens with zero attached hydrogens (tertiary/aromatic N) is 2. The predicted octanol–water partition coefficient (Wildman–Crippen LogP) is 2.53.